The molecular weight excluding hydrogens is 483 g/mol. The first kappa shape index (κ1) is 22.8. The van der Waals surface area contributed by atoms with Crippen molar-refractivity contribution in [2.24, 2.45) is 0 Å². The third-order valence-electron chi connectivity index (χ3n) is 6.83. The summed E-state index contributed by atoms with van der Waals surface area (Å²) in [6.45, 7) is -3.02. The number of benzene rings is 1. The van der Waals surface area contributed by atoms with E-state index in [1.165, 1.54) is 30.7 Å². The molecule has 1 fully saturated rings. The average Bonchev–Trinajstić information content (AvgIpc) is 3.34. The van der Waals surface area contributed by atoms with Crippen molar-refractivity contribution in [2.45, 2.75) is 49.7 Å². The highest BCUT2D eigenvalue weighted by Gasteiger charge is 2.47. The van der Waals surface area contributed by atoms with E-state index in [0.29, 0.717) is 22.5 Å². The van der Waals surface area contributed by atoms with Gasteiger partial charge in [0.25, 0.3) is 0 Å². The van der Waals surface area contributed by atoms with Gasteiger partial charge in [-0.2, -0.15) is 8.78 Å². The van der Waals surface area contributed by atoms with E-state index in [4.69, 9.17) is 4.74 Å². The number of alkyl halides is 4. The number of fused-ring (bicyclic) bond motifs is 3. The van der Waals surface area contributed by atoms with Crippen molar-refractivity contribution in [3.63, 3.8) is 0 Å². The number of ether oxygens (including phenoxy) is 1. The Morgan fingerprint density at radius 3 is 2.53 bits per heavy atom. The molecular formula is C25H19F5N4O2. The number of pyridine rings is 1. The number of hydrogen-bond donors (Lipinski definition) is 1. The highest BCUT2D eigenvalue weighted by molar-refractivity contribution is 5.65. The van der Waals surface area contributed by atoms with E-state index < -0.39 is 36.3 Å². The zero-order chi connectivity index (χ0) is 25.2. The molecule has 0 spiro atoms. The number of aliphatic hydroxyl groups is 1. The van der Waals surface area contributed by atoms with Gasteiger partial charge in [-0.05, 0) is 12.5 Å². The molecule has 0 bridgehead atoms. The number of aliphatic hydroxyl groups excluding tert-OH is 1. The molecule has 186 valence electrons. The summed E-state index contributed by atoms with van der Waals surface area (Å²) in [7, 11) is 0. The van der Waals surface area contributed by atoms with Gasteiger partial charge in [-0.25, -0.2) is 28.1 Å². The van der Waals surface area contributed by atoms with Gasteiger partial charge in [-0.3, -0.25) is 0 Å². The minimum atomic E-state index is -3.02. The molecule has 0 amide bonds. The zero-order valence-electron chi connectivity index (χ0n) is 18.6. The van der Waals surface area contributed by atoms with Crippen LogP contribution in [0.3, 0.4) is 0 Å². The molecule has 11 heteroatoms. The van der Waals surface area contributed by atoms with Crippen molar-refractivity contribution < 1.29 is 31.8 Å². The molecule has 1 N–H and O–H groups in total. The fourth-order valence-corrected chi connectivity index (χ4v) is 5.13. The summed E-state index contributed by atoms with van der Waals surface area (Å²) in [5.74, 6) is -4.00. The van der Waals surface area contributed by atoms with Gasteiger partial charge in [0.2, 0.25) is 5.92 Å². The standard InChI is InChI=1S/C25H19F5N4O2/c26-17-6-20-33-21-18(35)5-15(14-3-1-2-4-19(14)36-24(27)28)22(21)34(20)11-16(17)13-9-31-23(32-10-13)12-7-25(29,30)8-12/h1-4,6,9-12,15,18,24,35H,5,7-8H2. The molecule has 1 aromatic carbocycles. The summed E-state index contributed by atoms with van der Waals surface area (Å²) in [6, 6.07) is 7.54. The van der Waals surface area contributed by atoms with E-state index in [1.54, 1.807) is 22.6 Å². The lowest BCUT2D eigenvalue weighted by atomic mass is 9.81. The first-order valence-corrected chi connectivity index (χ1v) is 11.3. The van der Waals surface area contributed by atoms with Crippen LogP contribution in [0.5, 0.6) is 5.75 Å². The van der Waals surface area contributed by atoms with E-state index >= 15 is 4.39 Å². The zero-order valence-corrected chi connectivity index (χ0v) is 18.6. The maximum atomic E-state index is 15.1. The third-order valence-corrected chi connectivity index (χ3v) is 6.83. The first-order valence-electron chi connectivity index (χ1n) is 11.3. The summed E-state index contributed by atoms with van der Waals surface area (Å²) < 4.78 is 73.8. The molecule has 36 heavy (non-hydrogen) atoms. The Bertz CT molecular complexity index is 1450. The Balaban J connectivity index is 1.41. The van der Waals surface area contributed by atoms with Crippen molar-refractivity contribution in [1.82, 2.24) is 19.4 Å². The number of hydrogen-bond acceptors (Lipinski definition) is 5. The summed E-state index contributed by atoms with van der Waals surface area (Å²) >= 11 is 0. The molecule has 2 aliphatic rings. The molecule has 3 heterocycles. The summed E-state index contributed by atoms with van der Waals surface area (Å²) in [5, 5.41) is 10.7. The lowest BCUT2D eigenvalue weighted by molar-refractivity contribution is -0.0885. The van der Waals surface area contributed by atoms with E-state index in [9.17, 15) is 22.7 Å². The van der Waals surface area contributed by atoms with Crippen LogP contribution in [0.25, 0.3) is 16.8 Å². The number of imidazole rings is 1. The van der Waals surface area contributed by atoms with Crippen LogP contribution in [0.4, 0.5) is 22.0 Å². The van der Waals surface area contributed by atoms with Gasteiger partial charge in [0, 0.05) is 66.0 Å². The molecule has 0 saturated heterocycles. The molecule has 2 unspecified atom stereocenters. The van der Waals surface area contributed by atoms with Crippen molar-refractivity contribution in [3.8, 4) is 16.9 Å². The van der Waals surface area contributed by atoms with E-state index in [-0.39, 0.29) is 42.0 Å². The lowest BCUT2D eigenvalue weighted by Gasteiger charge is -2.33. The van der Waals surface area contributed by atoms with Crippen LogP contribution in [0.1, 0.15) is 60.0 Å². The molecule has 0 aliphatic heterocycles. The average molecular weight is 502 g/mol. The second-order valence-electron chi connectivity index (χ2n) is 9.16. The van der Waals surface area contributed by atoms with E-state index in [1.807, 2.05) is 0 Å². The van der Waals surface area contributed by atoms with Crippen LogP contribution < -0.4 is 4.74 Å². The molecule has 6 nitrogen and oxygen atoms in total. The summed E-state index contributed by atoms with van der Waals surface area (Å²) in [4.78, 5) is 12.7. The number of aromatic nitrogens is 4. The number of para-hydroxylation sites is 1. The van der Waals surface area contributed by atoms with Crippen molar-refractivity contribution in [2.75, 3.05) is 0 Å². The lowest BCUT2D eigenvalue weighted by Crippen LogP contribution is -2.34. The van der Waals surface area contributed by atoms with Crippen LogP contribution in [0, 0.1) is 5.82 Å². The Labute approximate surface area is 201 Å². The predicted molar refractivity (Wildman–Crippen MR) is 118 cm³/mol. The second kappa shape index (κ2) is 8.22. The molecule has 1 saturated carbocycles. The van der Waals surface area contributed by atoms with Gasteiger partial charge in [0.1, 0.15) is 23.0 Å². The highest BCUT2D eigenvalue weighted by atomic mass is 19.3. The van der Waals surface area contributed by atoms with Crippen molar-refractivity contribution in [3.05, 3.63) is 77.5 Å². The van der Waals surface area contributed by atoms with Crippen LogP contribution in [-0.4, -0.2) is 37.0 Å². The minimum absolute atomic E-state index is 0.0135. The molecule has 2 aliphatic carbocycles. The van der Waals surface area contributed by atoms with Crippen LogP contribution in [0.2, 0.25) is 0 Å². The second-order valence-corrected chi connectivity index (χ2v) is 9.16. The van der Waals surface area contributed by atoms with Crippen molar-refractivity contribution in [1.29, 1.82) is 0 Å². The van der Waals surface area contributed by atoms with Gasteiger partial charge < -0.3 is 14.2 Å². The topological polar surface area (TPSA) is 72.5 Å². The minimum Gasteiger partial charge on any atom is -0.435 e. The van der Waals surface area contributed by atoms with Gasteiger partial charge in [0.15, 0.2) is 0 Å². The molecule has 3 aromatic heterocycles. The highest BCUT2D eigenvalue weighted by Crippen LogP contribution is 2.48. The normalized spacial score (nSPS) is 21.1. The van der Waals surface area contributed by atoms with Crippen LogP contribution >= 0.6 is 0 Å². The van der Waals surface area contributed by atoms with Gasteiger partial charge >= 0.3 is 6.61 Å². The quantitative estimate of drug-likeness (QED) is 0.359. The molecule has 6 rings (SSSR count). The fourth-order valence-electron chi connectivity index (χ4n) is 5.13. The predicted octanol–water partition coefficient (Wildman–Crippen LogP) is 5.61. The van der Waals surface area contributed by atoms with E-state index in [0.717, 1.165) is 0 Å². The van der Waals surface area contributed by atoms with Gasteiger partial charge in [0.05, 0.1) is 17.5 Å². The molecule has 0 radical (unpaired) electrons. The number of halogens is 5. The Kier molecular flexibility index (Phi) is 5.22. The molecule has 2 atom stereocenters. The van der Waals surface area contributed by atoms with Gasteiger partial charge in [-0.15, -0.1) is 0 Å². The number of rotatable bonds is 5. The Morgan fingerprint density at radius 1 is 1.11 bits per heavy atom. The van der Waals surface area contributed by atoms with Crippen LogP contribution in [-0.2, 0) is 0 Å². The maximum Gasteiger partial charge on any atom is 0.387 e. The largest absolute Gasteiger partial charge is 0.435 e. The smallest absolute Gasteiger partial charge is 0.387 e. The summed E-state index contributed by atoms with van der Waals surface area (Å²) in [6.07, 6.45) is 2.87. The Hall–Kier alpha value is -3.60. The van der Waals surface area contributed by atoms with Crippen LogP contribution in [0.15, 0.2) is 48.9 Å². The maximum absolute atomic E-state index is 15.1. The number of nitrogens with zero attached hydrogens (tertiary/aromatic N) is 4. The van der Waals surface area contributed by atoms with Crippen molar-refractivity contribution >= 4 is 5.65 Å². The Morgan fingerprint density at radius 2 is 1.83 bits per heavy atom. The first-order chi connectivity index (χ1) is 17.2. The third kappa shape index (κ3) is 3.78. The SMILES string of the molecule is OC1CC(c2ccccc2OC(F)F)c2c1nc1cc(F)c(-c3cnc(C4CC(F)(F)C4)nc3)cn21. The monoisotopic (exact) mass is 502 g/mol. The fraction of sp³-hybridized carbons (Fsp3) is 0.320. The molecule has 4 aromatic rings. The summed E-state index contributed by atoms with van der Waals surface area (Å²) in [5.41, 5.74) is 2.05. The van der Waals surface area contributed by atoms with E-state index in [2.05, 4.69) is 15.0 Å². The van der Waals surface area contributed by atoms with Gasteiger partial charge in [-0.1, -0.05) is 18.2 Å².